The minimum absolute atomic E-state index is 0.0918. The number of hydrogen-bond acceptors (Lipinski definition) is 5. The Morgan fingerprint density at radius 3 is 2.15 bits per heavy atom. The highest BCUT2D eigenvalue weighted by atomic mass is 16.2. The van der Waals surface area contributed by atoms with Crippen molar-refractivity contribution in [3.05, 3.63) is 47.7 Å². The van der Waals surface area contributed by atoms with Crippen LogP contribution in [0.25, 0.3) is 0 Å². The van der Waals surface area contributed by atoms with E-state index in [1.807, 2.05) is 29.2 Å². The molecule has 1 aliphatic rings. The average molecular weight is 367 g/mol. The van der Waals surface area contributed by atoms with Crippen LogP contribution in [0.4, 0.5) is 11.5 Å². The highest BCUT2D eigenvalue weighted by molar-refractivity contribution is 6.02. The Bertz CT molecular complexity index is 794. The van der Waals surface area contributed by atoms with E-state index >= 15 is 0 Å². The number of aromatic nitrogens is 2. The van der Waals surface area contributed by atoms with Crippen molar-refractivity contribution in [2.24, 2.45) is 0 Å². The normalized spacial score (nSPS) is 14.4. The summed E-state index contributed by atoms with van der Waals surface area (Å²) in [4.78, 5) is 27.6. The van der Waals surface area contributed by atoms with Gasteiger partial charge in [0.05, 0.1) is 0 Å². The van der Waals surface area contributed by atoms with E-state index in [1.165, 1.54) is 5.56 Å². The van der Waals surface area contributed by atoms with Crippen LogP contribution in [-0.4, -0.2) is 53.1 Å². The van der Waals surface area contributed by atoms with E-state index in [9.17, 15) is 9.59 Å². The second-order valence-electron chi connectivity index (χ2n) is 7.00. The Labute approximate surface area is 159 Å². The molecule has 27 heavy (non-hydrogen) atoms. The first-order valence-corrected chi connectivity index (χ1v) is 9.19. The SMILES string of the molecule is CC(=O)N1CCN(c2ccc(C(=O)Nc3ccc(C(C)C)cc3)nn2)CC1. The van der Waals surface area contributed by atoms with Gasteiger partial charge in [0.2, 0.25) is 5.91 Å². The van der Waals surface area contributed by atoms with E-state index < -0.39 is 0 Å². The highest BCUT2D eigenvalue weighted by Gasteiger charge is 2.20. The van der Waals surface area contributed by atoms with Crippen molar-refractivity contribution in [1.82, 2.24) is 15.1 Å². The summed E-state index contributed by atoms with van der Waals surface area (Å²) in [5, 5.41) is 11.1. The Hall–Kier alpha value is -2.96. The Balaban J connectivity index is 1.60. The van der Waals surface area contributed by atoms with Crippen molar-refractivity contribution in [2.75, 3.05) is 36.4 Å². The molecule has 0 aliphatic carbocycles. The van der Waals surface area contributed by atoms with Crippen LogP contribution in [0.1, 0.15) is 42.7 Å². The molecule has 0 spiro atoms. The summed E-state index contributed by atoms with van der Waals surface area (Å²) in [6.07, 6.45) is 0. The summed E-state index contributed by atoms with van der Waals surface area (Å²) < 4.78 is 0. The molecule has 1 aromatic heterocycles. The van der Waals surface area contributed by atoms with E-state index in [2.05, 4.69) is 34.3 Å². The number of anilines is 2. The van der Waals surface area contributed by atoms with E-state index in [1.54, 1.807) is 19.1 Å². The summed E-state index contributed by atoms with van der Waals surface area (Å²) in [5.74, 6) is 0.975. The van der Waals surface area contributed by atoms with Crippen LogP contribution in [0.5, 0.6) is 0 Å². The fourth-order valence-electron chi connectivity index (χ4n) is 3.01. The van der Waals surface area contributed by atoms with Gasteiger partial charge in [0, 0.05) is 38.8 Å². The summed E-state index contributed by atoms with van der Waals surface area (Å²) in [6.45, 7) is 8.61. The van der Waals surface area contributed by atoms with Crippen molar-refractivity contribution >= 4 is 23.3 Å². The van der Waals surface area contributed by atoms with Gasteiger partial charge in [-0.15, -0.1) is 10.2 Å². The minimum atomic E-state index is -0.284. The molecule has 1 aromatic carbocycles. The molecule has 1 aliphatic heterocycles. The monoisotopic (exact) mass is 367 g/mol. The van der Waals surface area contributed by atoms with Gasteiger partial charge in [-0.25, -0.2) is 0 Å². The Morgan fingerprint density at radius 2 is 1.63 bits per heavy atom. The van der Waals surface area contributed by atoms with Crippen LogP contribution in [0.3, 0.4) is 0 Å². The van der Waals surface area contributed by atoms with Crippen LogP contribution < -0.4 is 10.2 Å². The molecule has 2 amide bonds. The summed E-state index contributed by atoms with van der Waals surface area (Å²) in [5.41, 5.74) is 2.23. The van der Waals surface area contributed by atoms with Gasteiger partial charge in [-0.3, -0.25) is 9.59 Å². The smallest absolute Gasteiger partial charge is 0.276 e. The summed E-state index contributed by atoms with van der Waals surface area (Å²) in [7, 11) is 0. The molecular weight excluding hydrogens is 342 g/mol. The van der Waals surface area contributed by atoms with Gasteiger partial charge < -0.3 is 15.1 Å². The maximum Gasteiger partial charge on any atom is 0.276 e. The standard InChI is InChI=1S/C20H25N5O2/c1-14(2)16-4-6-17(7-5-16)21-20(27)18-8-9-19(23-22-18)25-12-10-24(11-13-25)15(3)26/h4-9,14H,10-13H2,1-3H3,(H,21,27). The van der Waals surface area contributed by atoms with E-state index in [0.29, 0.717) is 32.1 Å². The molecule has 0 atom stereocenters. The maximum atomic E-state index is 12.4. The molecule has 2 heterocycles. The number of carbonyl (C=O) groups is 2. The molecule has 0 saturated carbocycles. The first-order chi connectivity index (χ1) is 12.9. The molecule has 0 radical (unpaired) electrons. The van der Waals surface area contributed by atoms with Crippen molar-refractivity contribution in [1.29, 1.82) is 0 Å². The predicted octanol–water partition coefficient (Wildman–Crippen LogP) is 2.52. The lowest BCUT2D eigenvalue weighted by Crippen LogP contribution is -2.48. The van der Waals surface area contributed by atoms with Crippen LogP contribution in [-0.2, 0) is 4.79 Å². The molecule has 1 fully saturated rings. The van der Waals surface area contributed by atoms with Gasteiger partial charge in [0.15, 0.2) is 11.5 Å². The second-order valence-corrected chi connectivity index (χ2v) is 7.00. The molecule has 7 heteroatoms. The average Bonchev–Trinajstić information content (AvgIpc) is 2.68. The minimum Gasteiger partial charge on any atom is -0.352 e. The number of benzene rings is 1. The zero-order chi connectivity index (χ0) is 19.4. The molecule has 1 N–H and O–H groups in total. The molecule has 0 bridgehead atoms. The van der Waals surface area contributed by atoms with Gasteiger partial charge in [-0.2, -0.15) is 0 Å². The van der Waals surface area contributed by atoms with Crippen molar-refractivity contribution in [3.63, 3.8) is 0 Å². The van der Waals surface area contributed by atoms with Gasteiger partial charge in [0.1, 0.15) is 0 Å². The van der Waals surface area contributed by atoms with Crippen molar-refractivity contribution in [3.8, 4) is 0 Å². The fraction of sp³-hybridized carbons (Fsp3) is 0.400. The zero-order valence-corrected chi connectivity index (χ0v) is 16.0. The number of hydrogen-bond donors (Lipinski definition) is 1. The predicted molar refractivity (Wildman–Crippen MR) is 105 cm³/mol. The van der Waals surface area contributed by atoms with Gasteiger partial charge in [-0.1, -0.05) is 26.0 Å². The van der Waals surface area contributed by atoms with Crippen molar-refractivity contribution < 1.29 is 9.59 Å². The third-order valence-electron chi connectivity index (χ3n) is 4.77. The lowest BCUT2D eigenvalue weighted by atomic mass is 10.0. The lowest BCUT2D eigenvalue weighted by Gasteiger charge is -2.34. The first-order valence-electron chi connectivity index (χ1n) is 9.19. The van der Waals surface area contributed by atoms with E-state index in [0.717, 1.165) is 11.5 Å². The topological polar surface area (TPSA) is 78.4 Å². The van der Waals surface area contributed by atoms with Gasteiger partial charge in [-0.05, 0) is 35.7 Å². The van der Waals surface area contributed by atoms with E-state index in [4.69, 9.17) is 0 Å². The second kappa shape index (κ2) is 8.16. The Morgan fingerprint density at radius 1 is 0.963 bits per heavy atom. The third kappa shape index (κ3) is 4.61. The van der Waals surface area contributed by atoms with Crippen LogP contribution in [0.2, 0.25) is 0 Å². The molecule has 1 saturated heterocycles. The number of carbonyl (C=O) groups excluding carboxylic acids is 2. The van der Waals surface area contributed by atoms with Gasteiger partial charge >= 0.3 is 0 Å². The number of piperazine rings is 1. The zero-order valence-electron chi connectivity index (χ0n) is 16.0. The van der Waals surface area contributed by atoms with Gasteiger partial charge in [0.25, 0.3) is 5.91 Å². The number of nitrogens with one attached hydrogen (secondary N) is 1. The Kier molecular flexibility index (Phi) is 5.69. The third-order valence-corrected chi connectivity index (χ3v) is 4.77. The number of amides is 2. The summed E-state index contributed by atoms with van der Waals surface area (Å²) >= 11 is 0. The molecule has 2 aromatic rings. The van der Waals surface area contributed by atoms with Crippen LogP contribution in [0, 0.1) is 0 Å². The molecule has 7 nitrogen and oxygen atoms in total. The number of rotatable bonds is 4. The molecule has 142 valence electrons. The molecular formula is C20H25N5O2. The van der Waals surface area contributed by atoms with Crippen LogP contribution in [0.15, 0.2) is 36.4 Å². The quantitative estimate of drug-likeness (QED) is 0.898. The largest absolute Gasteiger partial charge is 0.352 e. The maximum absolute atomic E-state index is 12.4. The molecule has 0 unspecified atom stereocenters. The summed E-state index contributed by atoms with van der Waals surface area (Å²) in [6, 6.07) is 11.3. The fourth-order valence-corrected chi connectivity index (χ4v) is 3.01. The molecule has 3 rings (SSSR count). The van der Waals surface area contributed by atoms with E-state index in [-0.39, 0.29) is 17.5 Å². The first kappa shape index (κ1) is 18.8. The van der Waals surface area contributed by atoms with Crippen molar-refractivity contribution in [2.45, 2.75) is 26.7 Å². The van der Waals surface area contributed by atoms with Crippen LogP contribution >= 0.6 is 0 Å². The highest BCUT2D eigenvalue weighted by Crippen LogP contribution is 2.18. The number of nitrogens with zero attached hydrogens (tertiary/aromatic N) is 4. The lowest BCUT2D eigenvalue weighted by molar-refractivity contribution is -0.129.